The fourth-order valence-electron chi connectivity index (χ4n) is 2.01. The molecule has 1 aliphatic rings. The monoisotopic (exact) mass is 201 g/mol. The maximum absolute atomic E-state index is 9.00. The minimum atomic E-state index is -0.833. The normalized spacial score (nSPS) is 23.2. The molecule has 1 fully saturated rings. The van der Waals surface area contributed by atoms with Crippen LogP contribution in [0.3, 0.4) is 0 Å². The molecule has 0 spiro atoms. The van der Waals surface area contributed by atoms with E-state index < -0.39 is 5.97 Å². The highest BCUT2D eigenvalue weighted by atomic mass is 16.4. The topological polar surface area (TPSA) is 49.3 Å². The second-order valence-corrected chi connectivity index (χ2v) is 5.27. The minimum absolute atomic E-state index is 0.363. The number of carboxylic acid groups (broad SMARTS) is 1. The summed E-state index contributed by atoms with van der Waals surface area (Å²) < 4.78 is 0. The predicted octanol–water partition coefficient (Wildman–Crippen LogP) is 2.41. The molecule has 2 N–H and O–H groups in total. The summed E-state index contributed by atoms with van der Waals surface area (Å²) in [6, 6.07) is 0. The predicted molar refractivity (Wildman–Crippen MR) is 58.5 cm³/mol. The molecule has 1 saturated heterocycles. The number of piperidine rings is 1. The van der Waals surface area contributed by atoms with E-state index in [0.717, 1.165) is 6.92 Å². The molecule has 0 amide bonds. The first-order valence-electron chi connectivity index (χ1n) is 5.13. The van der Waals surface area contributed by atoms with Crippen LogP contribution in [-0.2, 0) is 4.79 Å². The van der Waals surface area contributed by atoms with Crippen LogP contribution in [0.1, 0.15) is 53.9 Å². The number of carbonyl (C=O) groups is 1. The van der Waals surface area contributed by atoms with Gasteiger partial charge in [-0.3, -0.25) is 4.79 Å². The van der Waals surface area contributed by atoms with Crippen LogP contribution in [-0.4, -0.2) is 22.2 Å². The van der Waals surface area contributed by atoms with Crippen LogP contribution in [0, 0.1) is 0 Å². The van der Waals surface area contributed by atoms with Gasteiger partial charge in [0.1, 0.15) is 0 Å². The van der Waals surface area contributed by atoms with Gasteiger partial charge in [0.2, 0.25) is 0 Å². The Bertz CT molecular complexity index is 179. The van der Waals surface area contributed by atoms with E-state index in [-0.39, 0.29) is 0 Å². The smallest absolute Gasteiger partial charge is 0.300 e. The van der Waals surface area contributed by atoms with E-state index in [9.17, 15) is 0 Å². The van der Waals surface area contributed by atoms with Crippen LogP contribution < -0.4 is 5.32 Å². The Morgan fingerprint density at radius 3 is 1.57 bits per heavy atom. The van der Waals surface area contributed by atoms with Gasteiger partial charge >= 0.3 is 0 Å². The molecule has 1 rings (SSSR count). The van der Waals surface area contributed by atoms with Crippen LogP contribution in [0.4, 0.5) is 0 Å². The third-order valence-corrected chi connectivity index (χ3v) is 2.28. The first-order chi connectivity index (χ1) is 6.15. The summed E-state index contributed by atoms with van der Waals surface area (Å²) in [4.78, 5) is 9.00. The molecule has 14 heavy (non-hydrogen) atoms. The fourth-order valence-corrected chi connectivity index (χ4v) is 2.01. The molecule has 84 valence electrons. The van der Waals surface area contributed by atoms with E-state index in [1.165, 1.54) is 19.3 Å². The van der Waals surface area contributed by atoms with E-state index in [1.54, 1.807) is 0 Å². The molecule has 0 atom stereocenters. The van der Waals surface area contributed by atoms with E-state index in [0.29, 0.717) is 11.1 Å². The standard InChI is InChI=1S/C9H19N.C2H4O2/c1-8(2)6-5-7-9(3,4)10-8;1-2(3)4/h10H,5-7H2,1-4H3;1H3,(H,3,4). The fraction of sp³-hybridized carbons (Fsp3) is 0.909. The summed E-state index contributed by atoms with van der Waals surface area (Å²) in [7, 11) is 0. The van der Waals surface area contributed by atoms with Crippen molar-refractivity contribution in [3.8, 4) is 0 Å². The molecule has 0 saturated carbocycles. The van der Waals surface area contributed by atoms with Gasteiger partial charge in [-0.25, -0.2) is 0 Å². The first kappa shape index (κ1) is 13.4. The van der Waals surface area contributed by atoms with Crippen molar-refractivity contribution in [3.05, 3.63) is 0 Å². The van der Waals surface area contributed by atoms with E-state index in [2.05, 4.69) is 33.0 Å². The SMILES string of the molecule is CC(=O)O.CC1(C)CCCC(C)(C)N1. The third kappa shape index (κ3) is 6.89. The van der Waals surface area contributed by atoms with Crippen LogP contribution in [0.5, 0.6) is 0 Å². The van der Waals surface area contributed by atoms with Crippen molar-refractivity contribution in [3.63, 3.8) is 0 Å². The highest BCUT2D eigenvalue weighted by Crippen LogP contribution is 2.27. The molecule has 3 heteroatoms. The quantitative estimate of drug-likeness (QED) is 0.632. The highest BCUT2D eigenvalue weighted by molar-refractivity contribution is 5.62. The number of rotatable bonds is 0. The zero-order valence-electron chi connectivity index (χ0n) is 9.98. The molecule has 0 unspecified atom stereocenters. The minimum Gasteiger partial charge on any atom is -0.481 e. The highest BCUT2D eigenvalue weighted by Gasteiger charge is 2.31. The van der Waals surface area contributed by atoms with Gasteiger partial charge in [-0.2, -0.15) is 0 Å². The third-order valence-electron chi connectivity index (χ3n) is 2.28. The molecule has 0 aromatic rings. The zero-order valence-corrected chi connectivity index (χ0v) is 9.98. The van der Waals surface area contributed by atoms with Crippen molar-refractivity contribution in [1.82, 2.24) is 5.32 Å². The summed E-state index contributed by atoms with van der Waals surface area (Å²) in [5, 5.41) is 11.0. The number of aliphatic carboxylic acids is 1. The van der Waals surface area contributed by atoms with E-state index >= 15 is 0 Å². The maximum atomic E-state index is 9.00. The van der Waals surface area contributed by atoms with Gasteiger partial charge in [-0.15, -0.1) is 0 Å². The lowest BCUT2D eigenvalue weighted by Crippen LogP contribution is -2.55. The second-order valence-electron chi connectivity index (χ2n) is 5.27. The molecule has 0 bridgehead atoms. The lowest BCUT2D eigenvalue weighted by atomic mass is 9.83. The average Bonchev–Trinajstić information content (AvgIpc) is 1.78. The van der Waals surface area contributed by atoms with Crippen molar-refractivity contribution >= 4 is 5.97 Å². The van der Waals surface area contributed by atoms with Crippen LogP contribution in [0.15, 0.2) is 0 Å². The molecule has 3 nitrogen and oxygen atoms in total. The van der Waals surface area contributed by atoms with Crippen LogP contribution in [0.25, 0.3) is 0 Å². The molecular formula is C11H23NO2. The summed E-state index contributed by atoms with van der Waals surface area (Å²) in [6.07, 6.45) is 4.00. The number of hydrogen-bond donors (Lipinski definition) is 2. The molecule has 1 heterocycles. The molecule has 0 aromatic carbocycles. The number of hydrogen-bond acceptors (Lipinski definition) is 2. The number of carboxylic acids is 1. The second kappa shape index (κ2) is 4.78. The molecule has 1 aliphatic heterocycles. The average molecular weight is 201 g/mol. The maximum Gasteiger partial charge on any atom is 0.300 e. The van der Waals surface area contributed by atoms with Crippen molar-refractivity contribution in [2.45, 2.75) is 65.0 Å². The Morgan fingerprint density at radius 1 is 1.14 bits per heavy atom. The molecule has 0 aliphatic carbocycles. The van der Waals surface area contributed by atoms with Crippen molar-refractivity contribution in [1.29, 1.82) is 0 Å². The van der Waals surface area contributed by atoms with Gasteiger partial charge < -0.3 is 10.4 Å². The van der Waals surface area contributed by atoms with Gasteiger partial charge in [0.25, 0.3) is 5.97 Å². The Hall–Kier alpha value is -0.570. The Labute approximate surface area is 86.9 Å². The lowest BCUT2D eigenvalue weighted by Gasteiger charge is -2.42. The van der Waals surface area contributed by atoms with Gasteiger partial charge in [-0.1, -0.05) is 0 Å². The molecule has 0 radical (unpaired) electrons. The Morgan fingerprint density at radius 2 is 1.43 bits per heavy atom. The number of nitrogens with one attached hydrogen (secondary N) is 1. The first-order valence-corrected chi connectivity index (χ1v) is 5.13. The Balaban J connectivity index is 0.000000364. The van der Waals surface area contributed by atoms with E-state index in [1.807, 2.05) is 0 Å². The van der Waals surface area contributed by atoms with Gasteiger partial charge in [0, 0.05) is 18.0 Å². The largest absolute Gasteiger partial charge is 0.481 e. The van der Waals surface area contributed by atoms with Gasteiger partial charge in [0.15, 0.2) is 0 Å². The van der Waals surface area contributed by atoms with Gasteiger partial charge in [0.05, 0.1) is 0 Å². The summed E-state index contributed by atoms with van der Waals surface area (Å²) >= 11 is 0. The van der Waals surface area contributed by atoms with Crippen LogP contribution >= 0.6 is 0 Å². The van der Waals surface area contributed by atoms with Crippen LogP contribution in [0.2, 0.25) is 0 Å². The van der Waals surface area contributed by atoms with Crippen molar-refractivity contribution in [2.24, 2.45) is 0 Å². The van der Waals surface area contributed by atoms with Gasteiger partial charge in [-0.05, 0) is 47.0 Å². The summed E-state index contributed by atoms with van der Waals surface area (Å²) in [5.74, 6) is -0.833. The van der Waals surface area contributed by atoms with Crippen molar-refractivity contribution in [2.75, 3.05) is 0 Å². The summed E-state index contributed by atoms with van der Waals surface area (Å²) in [5.41, 5.74) is 0.726. The molecular weight excluding hydrogens is 178 g/mol. The van der Waals surface area contributed by atoms with Crippen molar-refractivity contribution < 1.29 is 9.90 Å². The lowest BCUT2D eigenvalue weighted by molar-refractivity contribution is -0.134. The zero-order chi connectivity index (χ0) is 11.4. The Kier molecular flexibility index (Phi) is 4.59. The van der Waals surface area contributed by atoms with E-state index in [4.69, 9.17) is 9.90 Å². The summed E-state index contributed by atoms with van der Waals surface area (Å²) in [6.45, 7) is 10.2. The molecule has 0 aromatic heterocycles.